The van der Waals surface area contributed by atoms with Crippen LogP contribution in [0.25, 0.3) is 10.7 Å². The third-order valence-electron chi connectivity index (χ3n) is 2.74. The van der Waals surface area contributed by atoms with E-state index < -0.39 is 11.5 Å². The number of aromatic nitrogens is 5. The summed E-state index contributed by atoms with van der Waals surface area (Å²) in [5.41, 5.74) is 0.501. The van der Waals surface area contributed by atoms with Crippen LogP contribution in [-0.4, -0.2) is 36.3 Å². The van der Waals surface area contributed by atoms with Crippen LogP contribution in [0.1, 0.15) is 20.3 Å². The highest BCUT2D eigenvalue weighted by molar-refractivity contribution is 7.13. The molecule has 7 nitrogen and oxygen atoms in total. The van der Waals surface area contributed by atoms with Gasteiger partial charge >= 0.3 is 5.97 Å². The second-order valence-corrected chi connectivity index (χ2v) is 4.60. The summed E-state index contributed by atoms with van der Waals surface area (Å²) >= 11 is 1.37. The van der Waals surface area contributed by atoms with Gasteiger partial charge in [-0.3, -0.25) is 4.98 Å². The van der Waals surface area contributed by atoms with E-state index in [0.717, 1.165) is 4.88 Å². The van der Waals surface area contributed by atoms with Gasteiger partial charge in [-0.25, -0.2) is 9.48 Å². The van der Waals surface area contributed by atoms with Crippen LogP contribution in [-0.2, 0) is 10.3 Å². The van der Waals surface area contributed by atoms with Crippen LogP contribution in [0.5, 0.6) is 0 Å². The normalized spacial score (nSPS) is 14.5. The maximum absolute atomic E-state index is 11.3. The van der Waals surface area contributed by atoms with Gasteiger partial charge in [-0.1, -0.05) is 6.92 Å². The molecule has 17 heavy (non-hydrogen) atoms. The van der Waals surface area contributed by atoms with E-state index in [2.05, 4.69) is 20.5 Å². The van der Waals surface area contributed by atoms with Crippen molar-refractivity contribution < 1.29 is 9.90 Å². The summed E-state index contributed by atoms with van der Waals surface area (Å²) in [6.45, 7) is 3.38. The van der Waals surface area contributed by atoms with Gasteiger partial charge in [0.25, 0.3) is 0 Å². The number of thiazole rings is 1. The van der Waals surface area contributed by atoms with Gasteiger partial charge in [0.05, 0.1) is 10.4 Å². The molecule has 2 aromatic heterocycles. The minimum Gasteiger partial charge on any atom is -0.479 e. The van der Waals surface area contributed by atoms with E-state index in [1.807, 2.05) is 0 Å². The number of carboxylic acids is 1. The van der Waals surface area contributed by atoms with Crippen LogP contribution in [0.15, 0.2) is 11.7 Å². The Morgan fingerprint density at radius 3 is 2.94 bits per heavy atom. The van der Waals surface area contributed by atoms with Crippen LogP contribution >= 0.6 is 11.3 Å². The molecule has 0 aliphatic heterocycles. The lowest BCUT2D eigenvalue weighted by atomic mass is 9.99. The highest BCUT2D eigenvalue weighted by Crippen LogP contribution is 2.27. The van der Waals surface area contributed by atoms with Crippen molar-refractivity contribution in [2.75, 3.05) is 0 Å². The first-order valence-electron chi connectivity index (χ1n) is 5.00. The molecule has 8 heteroatoms. The standard InChI is InChI=1S/C9H11N5O2S/c1-3-9(2,8(15)16)14-7(11-12-13-14)6-4-10-5-17-6/h4-5H,3H2,1-2H3,(H,15,16). The molecule has 0 saturated heterocycles. The van der Waals surface area contributed by atoms with Crippen LogP contribution in [0.3, 0.4) is 0 Å². The maximum atomic E-state index is 11.3. The number of hydrogen-bond acceptors (Lipinski definition) is 6. The first kappa shape index (κ1) is 11.6. The summed E-state index contributed by atoms with van der Waals surface area (Å²) in [4.78, 5) is 16.0. The van der Waals surface area contributed by atoms with Crippen LogP contribution in [0, 0.1) is 0 Å². The maximum Gasteiger partial charge on any atom is 0.331 e. The zero-order chi connectivity index (χ0) is 12.5. The van der Waals surface area contributed by atoms with Crippen molar-refractivity contribution in [2.24, 2.45) is 0 Å². The Morgan fingerprint density at radius 2 is 2.41 bits per heavy atom. The van der Waals surface area contributed by atoms with E-state index >= 15 is 0 Å². The van der Waals surface area contributed by atoms with E-state index in [0.29, 0.717) is 12.2 Å². The molecule has 0 radical (unpaired) electrons. The first-order valence-corrected chi connectivity index (χ1v) is 5.88. The van der Waals surface area contributed by atoms with E-state index in [1.54, 1.807) is 25.6 Å². The van der Waals surface area contributed by atoms with Gasteiger partial charge in [0, 0.05) is 6.20 Å². The number of carboxylic acid groups (broad SMARTS) is 1. The molecule has 0 aliphatic rings. The molecule has 0 spiro atoms. The minimum absolute atomic E-state index is 0.388. The molecule has 2 rings (SSSR count). The number of rotatable bonds is 4. The second kappa shape index (κ2) is 4.21. The molecule has 0 bridgehead atoms. The lowest BCUT2D eigenvalue weighted by Gasteiger charge is -2.23. The van der Waals surface area contributed by atoms with Crippen molar-refractivity contribution >= 4 is 17.3 Å². The lowest BCUT2D eigenvalue weighted by Crippen LogP contribution is -2.39. The Bertz CT molecular complexity index is 523. The van der Waals surface area contributed by atoms with Crippen molar-refractivity contribution in [1.82, 2.24) is 25.2 Å². The Hall–Kier alpha value is -1.83. The Morgan fingerprint density at radius 1 is 1.65 bits per heavy atom. The molecule has 0 aromatic carbocycles. The van der Waals surface area contributed by atoms with Crippen molar-refractivity contribution in [3.8, 4) is 10.7 Å². The molecule has 0 amide bonds. The summed E-state index contributed by atoms with van der Waals surface area (Å²) < 4.78 is 1.34. The smallest absolute Gasteiger partial charge is 0.331 e. The average Bonchev–Trinajstić information content (AvgIpc) is 2.97. The van der Waals surface area contributed by atoms with Crippen molar-refractivity contribution in [2.45, 2.75) is 25.8 Å². The van der Waals surface area contributed by atoms with Crippen molar-refractivity contribution in [1.29, 1.82) is 0 Å². The predicted octanol–water partition coefficient (Wildman–Crippen LogP) is 1.01. The molecule has 90 valence electrons. The van der Waals surface area contributed by atoms with Gasteiger partial charge in [-0.05, 0) is 23.8 Å². The van der Waals surface area contributed by atoms with Crippen molar-refractivity contribution in [3.05, 3.63) is 11.7 Å². The third kappa shape index (κ3) is 1.80. The quantitative estimate of drug-likeness (QED) is 0.873. The molecule has 0 fully saturated rings. The molecule has 2 aromatic rings. The first-order chi connectivity index (χ1) is 8.09. The van der Waals surface area contributed by atoms with Crippen molar-refractivity contribution in [3.63, 3.8) is 0 Å². The summed E-state index contributed by atoms with van der Waals surface area (Å²) in [6, 6.07) is 0. The van der Waals surface area contributed by atoms with Gasteiger partial charge in [0.1, 0.15) is 0 Å². The summed E-state index contributed by atoms with van der Waals surface area (Å²) in [5.74, 6) is -0.530. The van der Waals surface area contributed by atoms with Crippen LogP contribution in [0.2, 0.25) is 0 Å². The highest BCUT2D eigenvalue weighted by Gasteiger charge is 2.37. The fourth-order valence-corrected chi connectivity index (χ4v) is 1.98. The fourth-order valence-electron chi connectivity index (χ4n) is 1.39. The number of nitrogens with zero attached hydrogens (tertiary/aromatic N) is 5. The van der Waals surface area contributed by atoms with E-state index in [-0.39, 0.29) is 0 Å². The van der Waals surface area contributed by atoms with Gasteiger partial charge in [-0.2, -0.15) is 0 Å². The Balaban J connectivity index is 2.54. The second-order valence-electron chi connectivity index (χ2n) is 3.71. The Kier molecular flexibility index (Phi) is 2.88. The van der Waals surface area contributed by atoms with E-state index in [4.69, 9.17) is 0 Å². The SMILES string of the molecule is CCC(C)(C(=O)O)n1nnnc1-c1cncs1. The zero-order valence-electron chi connectivity index (χ0n) is 9.36. The fraction of sp³-hybridized carbons (Fsp3) is 0.444. The highest BCUT2D eigenvalue weighted by atomic mass is 32.1. The average molecular weight is 253 g/mol. The lowest BCUT2D eigenvalue weighted by molar-refractivity contribution is -0.147. The van der Waals surface area contributed by atoms with E-state index in [1.165, 1.54) is 16.0 Å². The summed E-state index contributed by atoms with van der Waals surface area (Å²) in [7, 11) is 0. The number of tetrazole rings is 1. The van der Waals surface area contributed by atoms with Gasteiger partial charge in [-0.15, -0.1) is 16.4 Å². The molecule has 1 atom stereocenters. The monoisotopic (exact) mass is 253 g/mol. The van der Waals surface area contributed by atoms with Crippen LogP contribution in [0.4, 0.5) is 0 Å². The molecule has 1 unspecified atom stereocenters. The topological polar surface area (TPSA) is 93.8 Å². The third-order valence-corrected chi connectivity index (χ3v) is 3.51. The molecule has 0 saturated carbocycles. The Labute approximate surface area is 101 Å². The number of carbonyl (C=O) groups is 1. The zero-order valence-corrected chi connectivity index (χ0v) is 10.2. The molecule has 1 N–H and O–H groups in total. The van der Waals surface area contributed by atoms with Gasteiger partial charge in [0.2, 0.25) is 0 Å². The number of aliphatic carboxylic acids is 1. The van der Waals surface area contributed by atoms with Crippen LogP contribution < -0.4 is 0 Å². The molecular weight excluding hydrogens is 242 g/mol. The van der Waals surface area contributed by atoms with Gasteiger partial charge in [0.15, 0.2) is 11.4 Å². The summed E-state index contributed by atoms with van der Waals surface area (Å²) in [6.07, 6.45) is 2.00. The largest absolute Gasteiger partial charge is 0.479 e. The predicted molar refractivity (Wildman–Crippen MR) is 60.5 cm³/mol. The molecule has 0 aliphatic carbocycles. The number of hydrogen-bond donors (Lipinski definition) is 1. The minimum atomic E-state index is -1.15. The summed E-state index contributed by atoms with van der Waals surface area (Å²) in [5, 5.41) is 20.5. The van der Waals surface area contributed by atoms with Gasteiger partial charge < -0.3 is 5.11 Å². The molecule has 2 heterocycles. The van der Waals surface area contributed by atoms with E-state index in [9.17, 15) is 9.90 Å². The molecular formula is C9H11N5O2S.